The Morgan fingerprint density at radius 1 is 1.24 bits per heavy atom. The van der Waals surface area contributed by atoms with Crippen LogP contribution in [0, 0.1) is 0 Å². The van der Waals surface area contributed by atoms with Crippen molar-refractivity contribution in [3.05, 3.63) is 23.8 Å². The molecule has 17 heavy (non-hydrogen) atoms. The molecule has 0 aliphatic rings. The number of anilines is 1. The summed E-state index contributed by atoms with van der Waals surface area (Å²) in [5.74, 6) is -0.803. The average molecular weight is 271 g/mol. The van der Waals surface area contributed by atoms with Gasteiger partial charge in [0.1, 0.15) is 6.67 Å². The van der Waals surface area contributed by atoms with Gasteiger partial charge in [-0.2, -0.15) is 13.2 Å². The number of hydrogen-bond donors (Lipinski definition) is 1. The summed E-state index contributed by atoms with van der Waals surface area (Å²) in [5, 5.41) is 0. The molecule has 0 saturated heterocycles. The first-order valence-electron chi connectivity index (χ1n) is 4.44. The Bertz CT molecular complexity index is 510. The first-order valence-corrected chi connectivity index (χ1v) is 6.09. The van der Waals surface area contributed by atoms with Gasteiger partial charge in [-0.3, -0.25) is 0 Å². The Morgan fingerprint density at radius 3 is 2.24 bits per heavy atom. The molecule has 1 aromatic rings. The van der Waals surface area contributed by atoms with Crippen LogP contribution in [0.2, 0.25) is 0 Å². The van der Waals surface area contributed by atoms with Gasteiger partial charge in [-0.1, -0.05) is 0 Å². The van der Waals surface area contributed by atoms with Gasteiger partial charge in [-0.25, -0.2) is 12.8 Å². The van der Waals surface area contributed by atoms with Crippen LogP contribution in [-0.4, -0.2) is 20.8 Å². The second-order valence-corrected chi connectivity index (χ2v) is 5.34. The zero-order valence-electron chi connectivity index (χ0n) is 8.46. The lowest BCUT2D eigenvalue weighted by Gasteiger charge is -2.10. The van der Waals surface area contributed by atoms with E-state index in [1.54, 1.807) is 0 Å². The van der Waals surface area contributed by atoms with Crippen LogP contribution in [0.25, 0.3) is 0 Å². The van der Waals surface area contributed by atoms with Crippen molar-refractivity contribution in [2.75, 3.05) is 18.2 Å². The molecule has 0 heterocycles. The fourth-order valence-electron chi connectivity index (χ4n) is 1.22. The van der Waals surface area contributed by atoms with Crippen molar-refractivity contribution in [2.24, 2.45) is 0 Å². The molecule has 0 aliphatic carbocycles. The van der Waals surface area contributed by atoms with E-state index in [0.717, 1.165) is 6.07 Å². The van der Waals surface area contributed by atoms with E-state index in [1.165, 1.54) is 0 Å². The number of nitrogens with two attached hydrogens (primary N) is 1. The van der Waals surface area contributed by atoms with Crippen LogP contribution in [0.15, 0.2) is 23.1 Å². The monoisotopic (exact) mass is 271 g/mol. The Hall–Kier alpha value is -1.31. The summed E-state index contributed by atoms with van der Waals surface area (Å²) >= 11 is 0. The molecule has 0 aromatic heterocycles. The van der Waals surface area contributed by atoms with Gasteiger partial charge in [0.15, 0.2) is 9.84 Å². The zero-order chi connectivity index (χ0) is 13.3. The number of benzene rings is 1. The minimum Gasteiger partial charge on any atom is -0.398 e. The molecule has 0 unspecified atom stereocenters. The van der Waals surface area contributed by atoms with Crippen molar-refractivity contribution in [3.8, 4) is 0 Å². The maximum Gasteiger partial charge on any atom is 0.416 e. The van der Waals surface area contributed by atoms with Gasteiger partial charge in [-0.05, 0) is 18.2 Å². The van der Waals surface area contributed by atoms with Crippen molar-refractivity contribution in [3.63, 3.8) is 0 Å². The van der Waals surface area contributed by atoms with Crippen LogP contribution in [0.5, 0.6) is 0 Å². The van der Waals surface area contributed by atoms with Gasteiger partial charge in [-0.15, -0.1) is 0 Å². The van der Waals surface area contributed by atoms with Gasteiger partial charge < -0.3 is 5.73 Å². The minimum atomic E-state index is -4.60. The smallest absolute Gasteiger partial charge is 0.398 e. The largest absolute Gasteiger partial charge is 0.416 e. The number of halogens is 4. The number of nitrogen functional groups attached to an aromatic ring is 1. The number of sulfone groups is 1. The maximum atomic E-state index is 12.3. The Balaban J connectivity index is 3.24. The third kappa shape index (κ3) is 3.09. The van der Waals surface area contributed by atoms with Crippen LogP contribution in [0.3, 0.4) is 0 Å². The lowest BCUT2D eigenvalue weighted by Crippen LogP contribution is -2.12. The van der Waals surface area contributed by atoms with Crippen LogP contribution in [-0.2, 0) is 16.0 Å². The second-order valence-electron chi connectivity index (χ2n) is 3.26. The lowest BCUT2D eigenvalue weighted by molar-refractivity contribution is -0.137. The van der Waals surface area contributed by atoms with Crippen molar-refractivity contribution in [2.45, 2.75) is 11.1 Å². The van der Waals surface area contributed by atoms with Crippen LogP contribution in [0.4, 0.5) is 23.2 Å². The van der Waals surface area contributed by atoms with Crippen molar-refractivity contribution < 1.29 is 26.0 Å². The second kappa shape index (κ2) is 4.52. The topological polar surface area (TPSA) is 60.2 Å². The average Bonchev–Trinajstić information content (AvgIpc) is 2.15. The molecule has 0 bridgehead atoms. The normalized spacial score (nSPS) is 12.7. The van der Waals surface area contributed by atoms with Crippen LogP contribution >= 0.6 is 0 Å². The highest BCUT2D eigenvalue weighted by Crippen LogP contribution is 2.32. The minimum absolute atomic E-state index is 0.483. The van der Waals surface area contributed by atoms with Gasteiger partial charge >= 0.3 is 6.18 Å². The predicted molar refractivity (Wildman–Crippen MR) is 53.9 cm³/mol. The molecule has 0 amide bonds. The Labute approximate surface area is 95.2 Å². The van der Waals surface area contributed by atoms with E-state index < -0.39 is 44.6 Å². The van der Waals surface area contributed by atoms with E-state index >= 15 is 0 Å². The molecule has 0 aliphatic heterocycles. The molecule has 8 heteroatoms. The van der Waals surface area contributed by atoms with Gasteiger partial charge in [0, 0.05) is 0 Å². The Morgan fingerprint density at radius 2 is 1.82 bits per heavy atom. The van der Waals surface area contributed by atoms with Gasteiger partial charge in [0.2, 0.25) is 0 Å². The first-order chi connectivity index (χ1) is 7.68. The van der Waals surface area contributed by atoms with E-state index in [2.05, 4.69) is 0 Å². The third-order valence-corrected chi connectivity index (χ3v) is 3.75. The summed E-state index contributed by atoms with van der Waals surface area (Å²) in [6, 6.07) is 1.86. The quantitative estimate of drug-likeness (QED) is 0.676. The molecule has 1 aromatic carbocycles. The summed E-state index contributed by atoms with van der Waals surface area (Å²) in [7, 11) is -3.97. The maximum absolute atomic E-state index is 12.3. The van der Waals surface area contributed by atoms with Crippen molar-refractivity contribution in [1.82, 2.24) is 0 Å². The molecule has 2 N–H and O–H groups in total. The summed E-state index contributed by atoms with van der Waals surface area (Å²) in [6.45, 7) is -1.12. The molecular formula is C9H9F4NO2S. The standard InChI is InChI=1S/C9H9F4NO2S/c10-3-4-17(15,16)8-2-1-6(5-7(8)14)9(11,12)13/h1-2,5H,3-4,14H2. The molecule has 0 radical (unpaired) electrons. The molecule has 1 rings (SSSR count). The number of rotatable bonds is 3. The number of hydrogen-bond acceptors (Lipinski definition) is 3. The fraction of sp³-hybridized carbons (Fsp3) is 0.333. The fourth-order valence-corrected chi connectivity index (χ4v) is 2.34. The predicted octanol–water partition coefficient (Wildman–Crippen LogP) is 2.03. The Kier molecular flexibility index (Phi) is 3.65. The number of alkyl halides is 4. The van der Waals surface area contributed by atoms with E-state index in [4.69, 9.17) is 5.73 Å². The summed E-state index contributed by atoms with van der Waals surface area (Å²) < 4.78 is 71.6. The van der Waals surface area contributed by atoms with Crippen molar-refractivity contribution in [1.29, 1.82) is 0 Å². The highest BCUT2D eigenvalue weighted by atomic mass is 32.2. The molecule has 96 valence electrons. The summed E-state index contributed by atoms with van der Waals surface area (Å²) in [6.07, 6.45) is -4.60. The van der Waals surface area contributed by atoms with E-state index in [1.807, 2.05) is 0 Å². The van der Waals surface area contributed by atoms with E-state index in [0.29, 0.717) is 12.1 Å². The highest BCUT2D eigenvalue weighted by molar-refractivity contribution is 7.91. The SMILES string of the molecule is Nc1cc(C(F)(F)F)ccc1S(=O)(=O)CCF. The lowest BCUT2D eigenvalue weighted by atomic mass is 10.2. The van der Waals surface area contributed by atoms with Gasteiger partial charge in [0.05, 0.1) is 21.9 Å². The van der Waals surface area contributed by atoms with Crippen molar-refractivity contribution >= 4 is 15.5 Å². The molecule has 0 fully saturated rings. The van der Waals surface area contributed by atoms with Crippen LogP contribution in [0.1, 0.15) is 5.56 Å². The molecule has 0 spiro atoms. The van der Waals surface area contributed by atoms with Crippen LogP contribution < -0.4 is 5.73 Å². The zero-order valence-corrected chi connectivity index (χ0v) is 9.28. The highest BCUT2D eigenvalue weighted by Gasteiger charge is 2.31. The summed E-state index contributed by atoms with van der Waals surface area (Å²) in [4.78, 5) is -0.483. The first kappa shape index (κ1) is 13.8. The van der Waals surface area contributed by atoms with E-state index in [-0.39, 0.29) is 0 Å². The molecule has 0 atom stereocenters. The molecule has 3 nitrogen and oxygen atoms in total. The van der Waals surface area contributed by atoms with Gasteiger partial charge in [0.25, 0.3) is 0 Å². The van der Waals surface area contributed by atoms with E-state index in [9.17, 15) is 26.0 Å². The molecule has 0 saturated carbocycles. The summed E-state index contributed by atoms with van der Waals surface area (Å²) in [5.41, 5.74) is 3.65. The molecular weight excluding hydrogens is 262 g/mol. The third-order valence-electron chi connectivity index (χ3n) is 2.02.